The molecule has 2 saturated carbocycles. The molecule has 0 radical (unpaired) electrons. The van der Waals surface area contributed by atoms with E-state index < -0.39 is 0 Å². The monoisotopic (exact) mass is 373 g/mol. The highest BCUT2D eigenvalue weighted by atomic mass is 16.3. The summed E-state index contributed by atoms with van der Waals surface area (Å²) in [5.41, 5.74) is 0. The number of carbonyl (C=O) groups is 2. The Hall–Kier alpha value is -1.82. The normalized spacial score (nSPS) is 30.3. The van der Waals surface area contributed by atoms with E-state index in [-0.39, 0.29) is 23.9 Å². The Kier molecular flexibility index (Phi) is 5.26. The zero-order valence-corrected chi connectivity index (χ0v) is 16.4. The number of hydrogen-bond donors (Lipinski definition) is 1. The van der Waals surface area contributed by atoms with Gasteiger partial charge in [0.25, 0.3) is 5.91 Å². The van der Waals surface area contributed by atoms with Gasteiger partial charge in [0.1, 0.15) is 0 Å². The van der Waals surface area contributed by atoms with Gasteiger partial charge in [-0.2, -0.15) is 0 Å². The zero-order chi connectivity index (χ0) is 19.0. The van der Waals surface area contributed by atoms with E-state index in [1.165, 1.54) is 31.9 Å². The maximum absolute atomic E-state index is 12.8. The Morgan fingerprint density at radius 3 is 2.52 bits per heavy atom. The smallest absolute Gasteiger partial charge is 0.289 e. The second-order valence-electron chi connectivity index (χ2n) is 8.62. The van der Waals surface area contributed by atoms with Crippen LogP contribution in [0.15, 0.2) is 22.8 Å². The van der Waals surface area contributed by atoms with Crippen molar-refractivity contribution in [3.05, 3.63) is 24.2 Å². The number of furan rings is 1. The minimum absolute atomic E-state index is 0.0679. The van der Waals surface area contributed by atoms with Crippen LogP contribution in [0, 0.1) is 17.8 Å². The molecule has 2 bridgehead atoms. The van der Waals surface area contributed by atoms with Crippen LogP contribution in [0.1, 0.15) is 50.1 Å². The Morgan fingerprint density at radius 1 is 1.15 bits per heavy atom. The highest BCUT2D eigenvalue weighted by Gasteiger charge is 2.42. The van der Waals surface area contributed by atoms with Crippen LogP contribution in [-0.4, -0.2) is 59.9 Å². The third-order valence-electron chi connectivity index (χ3n) is 7.07. The summed E-state index contributed by atoms with van der Waals surface area (Å²) >= 11 is 0. The van der Waals surface area contributed by atoms with Gasteiger partial charge in [0.15, 0.2) is 5.76 Å². The lowest BCUT2D eigenvalue weighted by atomic mass is 9.84. The number of nitrogens with zero attached hydrogens (tertiary/aromatic N) is 2. The van der Waals surface area contributed by atoms with Crippen molar-refractivity contribution in [1.82, 2.24) is 15.1 Å². The van der Waals surface area contributed by atoms with Crippen LogP contribution in [0.25, 0.3) is 0 Å². The topological polar surface area (TPSA) is 65.8 Å². The summed E-state index contributed by atoms with van der Waals surface area (Å²) in [5, 5.41) is 3.28. The van der Waals surface area contributed by atoms with Gasteiger partial charge < -0.3 is 14.6 Å². The van der Waals surface area contributed by atoms with E-state index >= 15 is 0 Å². The zero-order valence-electron chi connectivity index (χ0n) is 16.4. The average Bonchev–Trinajstić information content (AvgIpc) is 3.44. The summed E-state index contributed by atoms with van der Waals surface area (Å²) < 4.78 is 5.21. The first-order valence-electron chi connectivity index (χ1n) is 10.4. The molecule has 2 aliphatic carbocycles. The van der Waals surface area contributed by atoms with Crippen LogP contribution in [0.4, 0.5) is 0 Å². The van der Waals surface area contributed by atoms with Gasteiger partial charge in [-0.15, -0.1) is 0 Å². The molecule has 4 rings (SSSR count). The Labute approximate surface area is 161 Å². The van der Waals surface area contributed by atoms with Crippen LogP contribution in [0.3, 0.4) is 0 Å². The van der Waals surface area contributed by atoms with Gasteiger partial charge in [-0.25, -0.2) is 0 Å². The van der Waals surface area contributed by atoms with Gasteiger partial charge >= 0.3 is 0 Å². The van der Waals surface area contributed by atoms with Crippen LogP contribution in [0.2, 0.25) is 0 Å². The number of amides is 2. The fourth-order valence-corrected chi connectivity index (χ4v) is 5.39. The van der Waals surface area contributed by atoms with E-state index in [0.717, 1.165) is 11.8 Å². The van der Waals surface area contributed by atoms with Gasteiger partial charge in [0.05, 0.1) is 12.3 Å². The lowest BCUT2D eigenvalue weighted by Crippen LogP contribution is -2.56. The minimum Gasteiger partial charge on any atom is -0.459 e. The Balaban J connectivity index is 1.25. The van der Waals surface area contributed by atoms with Crippen LogP contribution < -0.4 is 5.32 Å². The molecule has 1 N–H and O–H groups in total. The van der Waals surface area contributed by atoms with Crippen molar-refractivity contribution in [3.8, 4) is 0 Å². The Morgan fingerprint density at radius 2 is 1.93 bits per heavy atom. The standard InChI is InChI=1S/C21H31N3O3/c1-14(18-13-16-5-6-17(18)12-16)22-20(25)15(2)23-7-9-24(10-8-23)21(26)19-4-3-11-27-19/h3-4,11,14-18H,5-10,12-13H2,1-2H3,(H,22,25)/t14-,15-,16-,17-,18-/m0/s1. The number of hydrogen-bond acceptors (Lipinski definition) is 4. The van der Waals surface area contributed by atoms with Crippen molar-refractivity contribution < 1.29 is 14.0 Å². The average molecular weight is 373 g/mol. The van der Waals surface area contributed by atoms with E-state index in [1.807, 2.05) is 6.92 Å². The number of nitrogens with one attached hydrogen (secondary N) is 1. The van der Waals surface area contributed by atoms with E-state index in [1.54, 1.807) is 17.0 Å². The second-order valence-corrected chi connectivity index (χ2v) is 8.62. The summed E-state index contributed by atoms with van der Waals surface area (Å²) in [5.74, 6) is 2.81. The summed E-state index contributed by atoms with van der Waals surface area (Å²) in [4.78, 5) is 29.1. The fraction of sp³-hybridized carbons (Fsp3) is 0.714. The van der Waals surface area contributed by atoms with Crippen LogP contribution in [0.5, 0.6) is 0 Å². The van der Waals surface area contributed by atoms with Crippen molar-refractivity contribution in [1.29, 1.82) is 0 Å². The summed E-state index contributed by atoms with van der Waals surface area (Å²) in [6.07, 6.45) is 6.91. The van der Waals surface area contributed by atoms with Gasteiger partial charge in [-0.1, -0.05) is 6.42 Å². The molecular formula is C21H31N3O3. The second kappa shape index (κ2) is 7.66. The molecule has 6 nitrogen and oxygen atoms in total. The summed E-state index contributed by atoms with van der Waals surface area (Å²) in [7, 11) is 0. The lowest BCUT2D eigenvalue weighted by molar-refractivity contribution is -0.127. The highest BCUT2D eigenvalue weighted by Crippen LogP contribution is 2.49. The van der Waals surface area contributed by atoms with Crippen molar-refractivity contribution in [2.24, 2.45) is 17.8 Å². The predicted molar refractivity (Wildman–Crippen MR) is 102 cm³/mol. The van der Waals surface area contributed by atoms with Crippen molar-refractivity contribution in [2.45, 2.75) is 51.6 Å². The molecule has 0 unspecified atom stereocenters. The molecule has 148 valence electrons. The van der Waals surface area contributed by atoms with Gasteiger partial charge in [0, 0.05) is 32.2 Å². The molecule has 0 spiro atoms. The molecule has 6 heteroatoms. The third-order valence-corrected chi connectivity index (χ3v) is 7.07. The molecule has 27 heavy (non-hydrogen) atoms. The first-order chi connectivity index (χ1) is 13.0. The van der Waals surface area contributed by atoms with Crippen molar-refractivity contribution in [2.75, 3.05) is 26.2 Å². The van der Waals surface area contributed by atoms with E-state index in [2.05, 4.69) is 17.1 Å². The summed E-state index contributed by atoms with van der Waals surface area (Å²) in [6.45, 7) is 6.83. The molecule has 1 aromatic rings. The Bertz CT molecular complexity index is 666. The molecule has 2 heterocycles. The number of rotatable bonds is 5. The molecular weight excluding hydrogens is 342 g/mol. The number of carbonyl (C=O) groups excluding carboxylic acids is 2. The SMILES string of the molecule is C[C@H](NC(=O)[C@H](C)N1CCN(C(=O)c2ccco2)CC1)[C@@H]1C[C@H]2CC[C@H]1C2. The first kappa shape index (κ1) is 18.5. The molecule has 1 aromatic heterocycles. The molecule has 3 fully saturated rings. The van der Waals surface area contributed by atoms with Gasteiger partial charge in [-0.3, -0.25) is 14.5 Å². The number of piperazine rings is 1. The first-order valence-corrected chi connectivity index (χ1v) is 10.4. The van der Waals surface area contributed by atoms with Crippen molar-refractivity contribution in [3.63, 3.8) is 0 Å². The highest BCUT2D eigenvalue weighted by molar-refractivity contribution is 5.91. The van der Waals surface area contributed by atoms with Crippen LogP contribution >= 0.6 is 0 Å². The van der Waals surface area contributed by atoms with Gasteiger partial charge in [-0.05, 0) is 63.0 Å². The molecule has 5 atom stereocenters. The third kappa shape index (κ3) is 3.77. The van der Waals surface area contributed by atoms with E-state index in [4.69, 9.17) is 4.42 Å². The largest absolute Gasteiger partial charge is 0.459 e. The maximum Gasteiger partial charge on any atom is 0.289 e. The van der Waals surface area contributed by atoms with E-state index in [9.17, 15) is 9.59 Å². The predicted octanol–water partition coefficient (Wildman–Crippen LogP) is 2.37. The molecule has 1 aliphatic heterocycles. The van der Waals surface area contributed by atoms with Crippen LogP contribution in [-0.2, 0) is 4.79 Å². The molecule has 3 aliphatic rings. The quantitative estimate of drug-likeness (QED) is 0.861. The molecule has 2 amide bonds. The van der Waals surface area contributed by atoms with Gasteiger partial charge in [0.2, 0.25) is 5.91 Å². The molecule has 1 saturated heterocycles. The van der Waals surface area contributed by atoms with Crippen molar-refractivity contribution >= 4 is 11.8 Å². The number of fused-ring (bicyclic) bond motifs is 2. The lowest BCUT2D eigenvalue weighted by Gasteiger charge is -2.38. The fourth-order valence-electron chi connectivity index (χ4n) is 5.39. The maximum atomic E-state index is 12.8. The summed E-state index contributed by atoms with van der Waals surface area (Å²) in [6, 6.07) is 3.53. The van der Waals surface area contributed by atoms with E-state index in [0.29, 0.717) is 37.9 Å². The minimum atomic E-state index is -0.160. The molecule has 0 aromatic carbocycles.